The predicted octanol–water partition coefficient (Wildman–Crippen LogP) is -0.0260. The molecule has 128 valence electrons. The first-order chi connectivity index (χ1) is 11.0. The van der Waals surface area contributed by atoms with E-state index in [-0.39, 0.29) is 51.4 Å². The number of hydrogen-bond acceptors (Lipinski definition) is 4. The van der Waals surface area contributed by atoms with Gasteiger partial charge in [0.15, 0.2) is 0 Å². The molecule has 0 spiro atoms. The normalized spacial score (nSPS) is 29.0. The first-order valence-corrected chi connectivity index (χ1v) is 10.2. The van der Waals surface area contributed by atoms with Crippen molar-refractivity contribution in [3.8, 4) is 0 Å². The summed E-state index contributed by atoms with van der Waals surface area (Å²) in [6.45, 7) is 2.32. The van der Waals surface area contributed by atoms with Crippen molar-refractivity contribution in [2.45, 2.75) is 49.7 Å². The van der Waals surface area contributed by atoms with Crippen LogP contribution in [0.15, 0.2) is 30.3 Å². The molecule has 3 rings (SSSR count). The van der Waals surface area contributed by atoms with Crippen molar-refractivity contribution in [2.24, 2.45) is 5.92 Å². The average molecular weight is 376 g/mol. The summed E-state index contributed by atoms with van der Waals surface area (Å²) in [4.78, 5) is 2.21. The Morgan fingerprint density at radius 2 is 1.71 bits per heavy atom. The van der Waals surface area contributed by atoms with E-state index in [1.165, 1.54) is 31.2 Å². The molecule has 1 aromatic carbocycles. The second-order valence-electron chi connectivity index (χ2n) is 7.14. The Kier molecular flexibility index (Phi) is 8.41. The molecular weight excluding hydrogens is 349 g/mol. The molecule has 1 aliphatic heterocycles. The second kappa shape index (κ2) is 9.60. The Morgan fingerprint density at radius 1 is 1.04 bits per heavy atom. The Labute approximate surface area is 188 Å². The topological polar surface area (TPSA) is 60.4 Å². The van der Waals surface area contributed by atoms with Gasteiger partial charge in [0.2, 0.25) is 0 Å². The summed E-state index contributed by atoms with van der Waals surface area (Å²) in [5.74, 6) is 1.31. The third-order valence-electron chi connectivity index (χ3n) is 5.50. The van der Waals surface area contributed by atoms with Crippen LogP contribution in [0, 0.1) is 5.92 Å². The maximum Gasteiger partial charge on any atom is 1.00 e. The van der Waals surface area contributed by atoms with Crippen LogP contribution in [0.5, 0.6) is 0 Å². The minimum atomic E-state index is -4.14. The molecule has 1 aliphatic carbocycles. The van der Waals surface area contributed by atoms with Crippen molar-refractivity contribution in [2.75, 3.05) is 19.6 Å². The maximum atomic E-state index is 11.2. The summed E-state index contributed by atoms with van der Waals surface area (Å²) in [7, 11) is -4.14. The van der Waals surface area contributed by atoms with Crippen LogP contribution in [0.1, 0.15) is 50.0 Å². The Balaban J connectivity index is 0.00000208. The van der Waals surface area contributed by atoms with Crippen molar-refractivity contribution in [3.05, 3.63) is 35.9 Å². The summed E-state index contributed by atoms with van der Waals surface area (Å²) in [6, 6.07) is 10.7. The standard InChI is InChI=1S/C18H27NO3S.K/c20-23(21,22)18-7-4-12-19(14-18)13-15-8-10-17(11-9-15)16-5-2-1-3-6-16;/h1-3,5-6,15,17-18H,4,7-14H2,(H,20,21,22);/q;+1/p-1. The molecule has 0 N–H and O–H groups in total. The monoisotopic (exact) mass is 375 g/mol. The average Bonchev–Trinajstić information content (AvgIpc) is 2.56. The molecule has 2 aliphatic rings. The second-order valence-corrected chi connectivity index (χ2v) is 8.80. The van der Waals surface area contributed by atoms with Crippen molar-refractivity contribution < 1.29 is 64.4 Å². The first kappa shape index (κ1) is 21.0. The zero-order valence-corrected chi connectivity index (χ0v) is 18.5. The van der Waals surface area contributed by atoms with E-state index < -0.39 is 15.4 Å². The summed E-state index contributed by atoms with van der Waals surface area (Å²) >= 11 is 0. The molecular formula is C18H26KNO3S. The molecule has 1 heterocycles. The minimum absolute atomic E-state index is 0. The van der Waals surface area contributed by atoms with Gasteiger partial charge in [0.05, 0.1) is 15.4 Å². The minimum Gasteiger partial charge on any atom is -0.748 e. The van der Waals surface area contributed by atoms with E-state index in [1.54, 1.807) is 0 Å². The fourth-order valence-corrected chi connectivity index (χ4v) is 5.03. The van der Waals surface area contributed by atoms with Gasteiger partial charge in [0, 0.05) is 13.1 Å². The number of hydrogen-bond donors (Lipinski definition) is 0. The number of piperidine rings is 1. The Morgan fingerprint density at radius 3 is 2.33 bits per heavy atom. The largest absolute Gasteiger partial charge is 1.00 e. The van der Waals surface area contributed by atoms with Crippen molar-refractivity contribution in [1.29, 1.82) is 0 Å². The molecule has 0 amide bonds. The van der Waals surface area contributed by atoms with Crippen LogP contribution < -0.4 is 51.4 Å². The van der Waals surface area contributed by atoms with Crippen LogP contribution in [-0.4, -0.2) is 42.8 Å². The SMILES string of the molecule is O=S(=O)([O-])C1CCCN(CC2CCC(c3ccccc3)CC2)C1.[K+]. The van der Waals surface area contributed by atoms with E-state index in [2.05, 4.69) is 35.2 Å². The molecule has 1 saturated carbocycles. The Hall–Kier alpha value is 0.726. The third kappa shape index (κ3) is 5.88. The van der Waals surface area contributed by atoms with Gasteiger partial charge in [0.1, 0.15) is 0 Å². The van der Waals surface area contributed by atoms with E-state index >= 15 is 0 Å². The fourth-order valence-electron chi connectivity index (χ4n) is 4.18. The number of nitrogens with zero attached hydrogens (tertiary/aromatic N) is 1. The summed E-state index contributed by atoms with van der Waals surface area (Å²) in [5, 5.41) is -0.697. The zero-order valence-electron chi connectivity index (χ0n) is 14.6. The molecule has 2 fully saturated rings. The molecule has 0 bridgehead atoms. The third-order valence-corrected chi connectivity index (χ3v) is 6.71. The van der Waals surface area contributed by atoms with E-state index in [0.717, 1.165) is 19.5 Å². The van der Waals surface area contributed by atoms with Crippen LogP contribution in [0.25, 0.3) is 0 Å². The van der Waals surface area contributed by atoms with Crippen LogP contribution in [-0.2, 0) is 10.1 Å². The van der Waals surface area contributed by atoms with Gasteiger partial charge in [-0.15, -0.1) is 0 Å². The van der Waals surface area contributed by atoms with E-state index in [4.69, 9.17) is 0 Å². The van der Waals surface area contributed by atoms with Gasteiger partial charge in [-0.05, 0) is 62.5 Å². The summed E-state index contributed by atoms with van der Waals surface area (Å²) in [5.41, 5.74) is 1.45. The molecule has 6 heteroatoms. The van der Waals surface area contributed by atoms with E-state index in [0.29, 0.717) is 24.8 Å². The van der Waals surface area contributed by atoms with Crippen molar-refractivity contribution >= 4 is 10.1 Å². The van der Waals surface area contributed by atoms with Crippen LogP contribution in [0.3, 0.4) is 0 Å². The molecule has 24 heavy (non-hydrogen) atoms. The van der Waals surface area contributed by atoms with Gasteiger partial charge < -0.3 is 9.45 Å². The summed E-state index contributed by atoms with van der Waals surface area (Å²) < 4.78 is 33.7. The van der Waals surface area contributed by atoms with E-state index in [1.807, 2.05) is 0 Å². The van der Waals surface area contributed by atoms with Crippen LogP contribution in [0.4, 0.5) is 0 Å². The summed E-state index contributed by atoms with van der Waals surface area (Å²) in [6.07, 6.45) is 6.18. The zero-order chi connectivity index (χ0) is 16.3. The molecule has 4 nitrogen and oxygen atoms in total. The van der Waals surface area contributed by atoms with Gasteiger partial charge in [-0.3, -0.25) is 0 Å². The van der Waals surface area contributed by atoms with Gasteiger partial charge >= 0.3 is 51.4 Å². The molecule has 0 radical (unpaired) electrons. The fraction of sp³-hybridized carbons (Fsp3) is 0.667. The molecule has 1 aromatic rings. The number of likely N-dealkylation sites (tertiary alicyclic amines) is 1. The molecule has 1 unspecified atom stereocenters. The Bertz CT molecular complexity index is 600. The van der Waals surface area contributed by atoms with Gasteiger partial charge in [-0.1, -0.05) is 30.3 Å². The molecule has 1 saturated heterocycles. The van der Waals surface area contributed by atoms with Gasteiger partial charge in [-0.25, -0.2) is 8.42 Å². The quantitative estimate of drug-likeness (QED) is 0.548. The van der Waals surface area contributed by atoms with Crippen LogP contribution >= 0.6 is 0 Å². The van der Waals surface area contributed by atoms with Crippen molar-refractivity contribution in [3.63, 3.8) is 0 Å². The number of benzene rings is 1. The first-order valence-electron chi connectivity index (χ1n) is 8.74. The van der Waals surface area contributed by atoms with Crippen LogP contribution in [0.2, 0.25) is 0 Å². The van der Waals surface area contributed by atoms with Gasteiger partial charge in [-0.2, -0.15) is 0 Å². The van der Waals surface area contributed by atoms with Gasteiger partial charge in [0.25, 0.3) is 0 Å². The molecule has 1 atom stereocenters. The van der Waals surface area contributed by atoms with Crippen molar-refractivity contribution in [1.82, 2.24) is 4.90 Å². The van der Waals surface area contributed by atoms with E-state index in [9.17, 15) is 13.0 Å². The molecule has 0 aromatic heterocycles. The predicted molar refractivity (Wildman–Crippen MR) is 90.3 cm³/mol. The smallest absolute Gasteiger partial charge is 0.748 e. The number of rotatable bonds is 4. The maximum absolute atomic E-state index is 11.2.